The summed E-state index contributed by atoms with van der Waals surface area (Å²) in [6.45, 7) is 1.33. The summed E-state index contributed by atoms with van der Waals surface area (Å²) < 4.78 is 7.34. The number of rotatable bonds is 7. The monoisotopic (exact) mass is 399 g/mol. The Kier molecular flexibility index (Phi) is 6.66. The highest BCUT2D eigenvalue weighted by Gasteiger charge is 2.05. The average molecular weight is 400 g/mol. The van der Waals surface area contributed by atoms with E-state index in [1.807, 2.05) is 0 Å². The number of ether oxygens (including phenoxy) is 1. The molecule has 3 N–H and O–H groups in total. The van der Waals surface area contributed by atoms with Crippen LogP contribution in [0.2, 0.25) is 5.02 Å². The first-order valence-corrected chi connectivity index (χ1v) is 8.80. The summed E-state index contributed by atoms with van der Waals surface area (Å²) in [5.74, 6) is 0.570. The molecule has 2 amide bonds. The number of nitrogens with one attached hydrogen (secondary N) is 1. The Labute approximate surface area is 166 Å². The van der Waals surface area contributed by atoms with Gasteiger partial charge in [-0.2, -0.15) is 0 Å². The minimum absolute atomic E-state index is 0.248. The van der Waals surface area contributed by atoms with Crippen molar-refractivity contribution in [1.29, 1.82) is 0 Å². The fraction of sp³-hybridized carbons (Fsp3) is 0.167. The van der Waals surface area contributed by atoms with Gasteiger partial charge in [0.2, 0.25) is 0 Å². The van der Waals surface area contributed by atoms with E-state index in [2.05, 4.69) is 25.9 Å². The standard InChI is InChI=1S/C18H18ClN7O2/c19-13-4-6-14(7-5-13)22-24-18(27)21-15-2-1-3-17(10-15)28-12-16-11-26(9-8-20)25-23-16/h1-7,10-11H,8-9,12,20H2,(H,21,27). The number of amides is 2. The molecule has 0 aliphatic heterocycles. The summed E-state index contributed by atoms with van der Waals surface area (Å²) in [5.41, 5.74) is 7.22. The zero-order valence-corrected chi connectivity index (χ0v) is 15.6. The van der Waals surface area contributed by atoms with Crippen LogP contribution in [0.25, 0.3) is 0 Å². The second-order valence-electron chi connectivity index (χ2n) is 5.68. The van der Waals surface area contributed by atoms with Gasteiger partial charge in [0.25, 0.3) is 0 Å². The van der Waals surface area contributed by atoms with E-state index in [-0.39, 0.29) is 6.61 Å². The van der Waals surface area contributed by atoms with Crippen LogP contribution in [0.4, 0.5) is 16.2 Å². The Balaban J connectivity index is 1.54. The molecule has 3 aromatic rings. The van der Waals surface area contributed by atoms with Crippen molar-refractivity contribution in [1.82, 2.24) is 15.0 Å². The van der Waals surface area contributed by atoms with Gasteiger partial charge in [0, 0.05) is 23.3 Å². The molecule has 0 radical (unpaired) electrons. The highest BCUT2D eigenvalue weighted by Crippen LogP contribution is 2.19. The van der Waals surface area contributed by atoms with Crippen molar-refractivity contribution in [2.45, 2.75) is 13.2 Å². The number of hydrogen-bond acceptors (Lipinski definition) is 6. The topological polar surface area (TPSA) is 120 Å². The summed E-state index contributed by atoms with van der Waals surface area (Å²) in [5, 5.41) is 18.6. The molecule has 1 heterocycles. The molecule has 0 atom stereocenters. The Morgan fingerprint density at radius 2 is 2.07 bits per heavy atom. The van der Waals surface area contributed by atoms with Crippen molar-refractivity contribution in [2.75, 3.05) is 11.9 Å². The lowest BCUT2D eigenvalue weighted by atomic mass is 10.3. The van der Waals surface area contributed by atoms with Crippen molar-refractivity contribution in [3.8, 4) is 5.75 Å². The van der Waals surface area contributed by atoms with Gasteiger partial charge < -0.3 is 15.8 Å². The molecule has 9 nitrogen and oxygen atoms in total. The van der Waals surface area contributed by atoms with E-state index < -0.39 is 6.03 Å². The molecule has 2 aromatic carbocycles. The molecule has 10 heteroatoms. The number of benzene rings is 2. The smallest absolute Gasteiger partial charge is 0.364 e. The SMILES string of the molecule is NCCn1cc(COc2cccc(NC(=O)N=Nc3ccc(Cl)cc3)c2)nn1. The molecule has 0 fully saturated rings. The van der Waals surface area contributed by atoms with Gasteiger partial charge in [-0.3, -0.25) is 4.68 Å². The lowest BCUT2D eigenvalue weighted by molar-refractivity contribution is 0.258. The molecule has 3 rings (SSSR count). The van der Waals surface area contributed by atoms with Gasteiger partial charge in [-0.15, -0.1) is 10.2 Å². The minimum atomic E-state index is -0.600. The Morgan fingerprint density at radius 3 is 2.86 bits per heavy atom. The number of anilines is 1. The molecular weight excluding hydrogens is 382 g/mol. The number of azo groups is 1. The predicted octanol–water partition coefficient (Wildman–Crippen LogP) is 3.79. The number of nitrogens with zero attached hydrogens (tertiary/aromatic N) is 5. The Morgan fingerprint density at radius 1 is 1.25 bits per heavy atom. The van der Waals surface area contributed by atoms with E-state index in [1.54, 1.807) is 59.4 Å². The highest BCUT2D eigenvalue weighted by molar-refractivity contribution is 6.30. The zero-order valence-electron chi connectivity index (χ0n) is 14.8. The van der Waals surface area contributed by atoms with Crippen LogP contribution in [0.15, 0.2) is 65.0 Å². The summed E-state index contributed by atoms with van der Waals surface area (Å²) in [6.07, 6.45) is 1.77. The van der Waals surface area contributed by atoms with Gasteiger partial charge in [-0.05, 0) is 36.4 Å². The maximum Gasteiger partial charge on any atom is 0.364 e. The van der Waals surface area contributed by atoms with Gasteiger partial charge in [0.05, 0.1) is 18.4 Å². The molecule has 0 saturated heterocycles. The third-order valence-electron chi connectivity index (χ3n) is 3.50. The molecule has 144 valence electrons. The summed E-state index contributed by atoms with van der Waals surface area (Å²) in [6, 6.07) is 13.0. The number of hydrogen-bond donors (Lipinski definition) is 2. The molecule has 0 spiro atoms. The molecular formula is C18H18ClN7O2. The molecule has 0 bridgehead atoms. The predicted molar refractivity (Wildman–Crippen MR) is 105 cm³/mol. The van der Waals surface area contributed by atoms with Crippen molar-refractivity contribution in [2.24, 2.45) is 16.0 Å². The first-order chi connectivity index (χ1) is 13.6. The second-order valence-corrected chi connectivity index (χ2v) is 6.12. The Bertz CT molecular complexity index is 957. The first kappa shape index (κ1) is 19.5. The van der Waals surface area contributed by atoms with Gasteiger partial charge >= 0.3 is 6.03 Å². The lowest BCUT2D eigenvalue weighted by Crippen LogP contribution is -2.10. The number of carbonyl (C=O) groups is 1. The van der Waals surface area contributed by atoms with Crippen LogP contribution in [-0.4, -0.2) is 27.6 Å². The minimum Gasteiger partial charge on any atom is -0.487 e. The number of halogens is 1. The third kappa shape index (κ3) is 5.86. The van der Waals surface area contributed by atoms with Crippen LogP contribution in [0.5, 0.6) is 5.75 Å². The van der Waals surface area contributed by atoms with Gasteiger partial charge in [0.15, 0.2) is 0 Å². The average Bonchev–Trinajstić information content (AvgIpc) is 3.14. The fourth-order valence-corrected chi connectivity index (χ4v) is 2.35. The zero-order chi connectivity index (χ0) is 19.8. The fourth-order valence-electron chi connectivity index (χ4n) is 2.23. The molecule has 0 saturated carbocycles. The van der Waals surface area contributed by atoms with Crippen LogP contribution in [0.1, 0.15) is 5.69 Å². The van der Waals surface area contributed by atoms with Crippen molar-refractivity contribution < 1.29 is 9.53 Å². The lowest BCUT2D eigenvalue weighted by Gasteiger charge is -2.06. The van der Waals surface area contributed by atoms with Gasteiger partial charge in [0.1, 0.15) is 18.1 Å². The number of aromatic nitrogens is 3. The van der Waals surface area contributed by atoms with E-state index in [0.717, 1.165) is 0 Å². The van der Waals surface area contributed by atoms with E-state index in [1.165, 1.54) is 0 Å². The van der Waals surface area contributed by atoms with Crippen LogP contribution in [0, 0.1) is 0 Å². The largest absolute Gasteiger partial charge is 0.487 e. The third-order valence-corrected chi connectivity index (χ3v) is 3.75. The summed E-state index contributed by atoms with van der Waals surface area (Å²) in [4.78, 5) is 11.9. The van der Waals surface area contributed by atoms with Gasteiger partial charge in [-0.25, -0.2) is 4.79 Å². The molecule has 1 aromatic heterocycles. The van der Waals surface area contributed by atoms with E-state index >= 15 is 0 Å². The van der Waals surface area contributed by atoms with E-state index in [4.69, 9.17) is 22.1 Å². The van der Waals surface area contributed by atoms with Crippen LogP contribution in [0.3, 0.4) is 0 Å². The van der Waals surface area contributed by atoms with Crippen LogP contribution in [-0.2, 0) is 13.2 Å². The molecule has 0 unspecified atom stereocenters. The number of nitrogens with two attached hydrogens (primary N) is 1. The first-order valence-electron chi connectivity index (χ1n) is 8.42. The molecule has 28 heavy (non-hydrogen) atoms. The van der Waals surface area contributed by atoms with E-state index in [9.17, 15) is 4.79 Å². The highest BCUT2D eigenvalue weighted by atomic mass is 35.5. The number of carbonyl (C=O) groups excluding carboxylic acids is 1. The quantitative estimate of drug-likeness (QED) is 0.585. The maximum absolute atomic E-state index is 11.9. The summed E-state index contributed by atoms with van der Waals surface area (Å²) in [7, 11) is 0. The summed E-state index contributed by atoms with van der Waals surface area (Å²) >= 11 is 5.80. The van der Waals surface area contributed by atoms with Crippen LogP contribution < -0.4 is 15.8 Å². The van der Waals surface area contributed by atoms with Crippen LogP contribution >= 0.6 is 11.6 Å². The maximum atomic E-state index is 11.9. The normalized spacial score (nSPS) is 10.9. The van der Waals surface area contributed by atoms with Crippen molar-refractivity contribution in [3.05, 3.63) is 65.4 Å². The van der Waals surface area contributed by atoms with Crippen molar-refractivity contribution >= 4 is 29.0 Å². The Hall–Kier alpha value is -3.30. The second kappa shape index (κ2) is 9.58. The molecule has 0 aliphatic rings. The van der Waals surface area contributed by atoms with Gasteiger partial charge in [-0.1, -0.05) is 28.0 Å². The molecule has 0 aliphatic carbocycles. The number of urea groups is 1. The van der Waals surface area contributed by atoms with E-state index in [0.29, 0.717) is 40.9 Å². The van der Waals surface area contributed by atoms with Crippen molar-refractivity contribution in [3.63, 3.8) is 0 Å².